The van der Waals surface area contributed by atoms with Gasteiger partial charge in [-0.2, -0.15) is 39.5 Å². The van der Waals surface area contributed by atoms with E-state index in [1.165, 1.54) is 11.1 Å². The lowest BCUT2D eigenvalue weighted by Crippen LogP contribution is -2.67. The largest absolute Gasteiger partial charge is 0.494 e. The first-order chi connectivity index (χ1) is 18.1. The molecule has 0 heterocycles. The summed E-state index contributed by atoms with van der Waals surface area (Å²) in [4.78, 5) is 0. The third-order valence-corrected chi connectivity index (χ3v) is 9.05. The summed E-state index contributed by atoms with van der Waals surface area (Å²) in [6.45, 7) is 2.93. The molecule has 0 spiro atoms. The number of hydrogen-bond donors (Lipinski definition) is 0. The van der Waals surface area contributed by atoms with Crippen LogP contribution in [0.1, 0.15) is 69.4 Å². The fourth-order valence-corrected chi connectivity index (χ4v) is 7.28. The molecule has 2 fully saturated rings. The molecule has 222 valence electrons. The van der Waals surface area contributed by atoms with E-state index in [2.05, 4.69) is 23.8 Å². The molecule has 3 aliphatic carbocycles. The minimum Gasteiger partial charge on any atom is -0.494 e. The van der Waals surface area contributed by atoms with Crippen molar-refractivity contribution < 1.29 is 53.7 Å². The molecule has 0 saturated heterocycles. The molecular formula is C27H33F9O3. The van der Waals surface area contributed by atoms with Gasteiger partial charge in [0.05, 0.1) is 19.3 Å². The maximum Gasteiger partial charge on any atom is 0.435 e. The predicted molar refractivity (Wildman–Crippen MR) is 123 cm³/mol. The summed E-state index contributed by atoms with van der Waals surface area (Å²) < 4.78 is 132. The van der Waals surface area contributed by atoms with Crippen LogP contribution in [0.3, 0.4) is 0 Å². The highest BCUT2D eigenvalue weighted by molar-refractivity contribution is 5.40. The highest BCUT2D eigenvalue weighted by atomic mass is 19.4. The van der Waals surface area contributed by atoms with Gasteiger partial charge < -0.3 is 14.2 Å². The van der Waals surface area contributed by atoms with Gasteiger partial charge in [-0.1, -0.05) is 13.0 Å². The van der Waals surface area contributed by atoms with E-state index in [9.17, 15) is 39.5 Å². The van der Waals surface area contributed by atoms with E-state index in [1.54, 1.807) is 0 Å². The summed E-state index contributed by atoms with van der Waals surface area (Å²) in [6, 6.07) is 6.24. The van der Waals surface area contributed by atoms with Crippen molar-refractivity contribution in [3.05, 3.63) is 29.3 Å². The van der Waals surface area contributed by atoms with Gasteiger partial charge in [0.2, 0.25) is 0 Å². The van der Waals surface area contributed by atoms with E-state index >= 15 is 0 Å². The zero-order valence-corrected chi connectivity index (χ0v) is 21.7. The maximum atomic E-state index is 13.0. The van der Waals surface area contributed by atoms with Crippen molar-refractivity contribution in [3.8, 4) is 5.75 Å². The van der Waals surface area contributed by atoms with E-state index in [4.69, 9.17) is 9.47 Å². The van der Waals surface area contributed by atoms with Gasteiger partial charge >= 0.3 is 24.1 Å². The Morgan fingerprint density at radius 2 is 1.54 bits per heavy atom. The summed E-state index contributed by atoms with van der Waals surface area (Å²) in [5.41, 5.74) is -3.83. The Kier molecular flexibility index (Phi) is 8.24. The standard InChI is InChI=1S/C27H33F9O3/c1-3-37-17-6-8-18-16(15-17)5-7-20-19(18)11-12-23(2)21(20)9-10-22(23)38-13-4-14-39-24(25(28,29)30,26(31,32)33)27(34,35)36/h6,8,15,19-22H,3-5,7,9-14H2,1-2H3/t19-,20-,21+,22+,23+/m1/s1. The van der Waals surface area contributed by atoms with Crippen LogP contribution in [-0.4, -0.2) is 50.1 Å². The Bertz CT molecular complexity index is 968. The Labute approximate surface area is 221 Å². The van der Waals surface area contributed by atoms with Gasteiger partial charge in [-0.05, 0) is 98.3 Å². The van der Waals surface area contributed by atoms with Gasteiger partial charge in [-0.15, -0.1) is 0 Å². The number of fused-ring (bicyclic) bond motifs is 5. The molecule has 3 nitrogen and oxygen atoms in total. The summed E-state index contributed by atoms with van der Waals surface area (Å²) >= 11 is 0. The van der Waals surface area contributed by atoms with Crippen molar-refractivity contribution in [2.75, 3.05) is 19.8 Å². The predicted octanol–water partition coefficient (Wildman–Crippen LogP) is 8.16. The minimum atomic E-state index is -6.72. The second-order valence-corrected chi connectivity index (χ2v) is 11.1. The van der Waals surface area contributed by atoms with Crippen LogP contribution in [0.5, 0.6) is 5.75 Å². The quantitative estimate of drug-likeness (QED) is 0.231. The normalized spacial score (nSPS) is 29.5. The summed E-state index contributed by atoms with van der Waals surface area (Å²) in [5, 5.41) is 0. The fraction of sp³-hybridized carbons (Fsp3) is 0.778. The minimum absolute atomic E-state index is 0.224. The molecule has 0 bridgehead atoms. The number of rotatable bonds is 8. The van der Waals surface area contributed by atoms with Crippen molar-refractivity contribution >= 4 is 0 Å². The SMILES string of the molecule is CCOc1ccc2c(c1)CC[C@@H]1[C@@H]2CC[C@]2(C)[C@@H](OCCCOC(C(F)(F)F)(C(F)(F)F)C(F)(F)F)CC[C@@H]12. The number of aryl methyl sites for hydroxylation is 1. The summed E-state index contributed by atoms with van der Waals surface area (Å²) in [7, 11) is 0. The topological polar surface area (TPSA) is 27.7 Å². The third kappa shape index (κ3) is 5.24. The molecule has 0 radical (unpaired) electrons. The van der Waals surface area contributed by atoms with Crippen LogP contribution in [-0.2, 0) is 15.9 Å². The number of ether oxygens (including phenoxy) is 3. The lowest BCUT2D eigenvalue weighted by molar-refractivity contribution is -0.457. The number of hydrogen-bond acceptors (Lipinski definition) is 3. The maximum absolute atomic E-state index is 13.0. The van der Waals surface area contributed by atoms with Gasteiger partial charge in [-0.3, -0.25) is 0 Å². The van der Waals surface area contributed by atoms with Gasteiger partial charge in [0.1, 0.15) is 5.75 Å². The van der Waals surface area contributed by atoms with Crippen molar-refractivity contribution in [1.82, 2.24) is 0 Å². The highest BCUT2D eigenvalue weighted by Crippen LogP contribution is 2.62. The molecular weight excluding hydrogens is 543 g/mol. The molecule has 0 amide bonds. The summed E-state index contributed by atoms with van der Waals surface area (Å²) in [5.74, 6) is 2.02. The molecule has 12 heteroatoms. The first-order valence-electron chi connectivity index (χ1n) is 13.3. The van der Waals surface area contributed by atoms with Crippen LogP contribution in [0.4, 0.5) is 39.5 Å². The van der Waals surface area contributed by atoms with Crippen LogP contribution < -0.4 is 4.74 Å². The second kappa shape index (κ2) is 10.6. The van der Waals surface area contributed by atoms with Crippen molar-refractivity contribution in [2.45, 2.75) is 94.9 Å². The number of benzene rings is 1. The molecule has 39 heavy (non-hydrogen) atoms. The Balaban J connectivity index is 1.36. The molecule has 5 atom stereocenters. The monoisotopic (exact) mass is 576 g/mol. The van der Waals surface area contributed by atoms with Crippen molar-refractivity contribution in [3.63, 3.8) is 0 Å². The Hall–Kier alpha value is -1.69. The molecule has 0 aliphatic heterocycles. The van der Waals surface area contributed by atoms with E-state index < -0.39 is 37.2 Å². The fourth-order valence-electron chi connectivity index (χ4n) is 7.28. The highest BCUT2D eigenvalue weighted by Gasteiger charge is 2.85. The Morgan fingerprint density at radius 3 is 2.15 bits per heavy atom. The lowest BCUT2D eigenvalue weighted by Gasteiger charge is -2.50. The van der Waals surface area contributed by atoms with Crippen LogP contribution in [0.25, 0.3) is 0 Å². The molecule has 0 aromatic heterocycles. The zero-order valence-electron chi connectivity index (χ0n) is 21.7. The first-order valence-corrected chi connectivity index (χ1v) is 13.3. The molecule has 0 unspecified atom stereocenters. The van der Waals surface area contributed by atoms with E-state index in [-0.39, 0.29) is 18.1 Å². The number of alkyl halides is 9. The van der Waals surface area contributed by atoms with Crippen molar-refractivity contribution in [2.24, 2.45) is 17.3 Å². The number of halogens is 9. The van der Waals surface area contributed by atoms with Crippen LogP contribution in [0.2, 0.25) is 0 Å². The van der Waals surface area contributed by atoms with Gasteiger partial charge in [0.25, 0.3) is 0 Å². The first kappa shape index (κ1) is 30.3. The summed E-state index contributed by atoms with van der Waals surface area (Å²) in [6.07, 6.45) is -15.7. The van der Waals surface area contributed by atoms with Gasteiger partial charge in [0.15, 0.2) is 0 Å². The van der Waals surface area contributed by atoms with Crippen molar-refractivity contribution in [1.29, 1.82) is 0 Å². The van der Waals surface area contributed by atoms with Gasteiger partial charge in [0, 0.05) is 6.61 Å². The van der Waals surface area contributed by atoms with E-state index in [0.717, 1.165) is 37.9 Å². The average molecular weight is 577 g/mol. The molecule has 3 aliphatic rings. The second-order valence-electron chi connectivity index (χ2n) is 11.1. The molecule has 0 N–H and O–H groups in total. The smallest absolute Gasteiger partial charge is 0.435 e. The lowest BCUT2D eigenvalue weighted by atomic mass is 9.55. The van der Waals surface area contributed by atoms with E-state index in [1.807, 2.05) is 13.0 Å². The Morgan fingerprint density at radius 1 is 0.872 bits per heavy atom. The molecule has 2 saturated carbocycles. The van der Waals surface area contributed by atoms with E-state index in [0.29, 0.717) is 30.8 Å². The van der Waals surface area contributed by atoms with Crippen LogP contribution >= 0.6 is 0 Å². The zero-order chi connectivity index (χ0) is 28.9. The van der Waals surface area contributed by atoms with Gasteiger partial charge in [-0.25, -0.2) is 0 Å². The molecule has 1 aromatic carbocycles. The molecule has 1 aromatic rings. The average Bonchev–Trinajstić information content (AvgIpc) is 3.15. The third-order valence-electron chi connectivity index (χ3n) is 9.05. The van der Waals surface area contributed by atoms with Crippen LogP contribution in [0, 0.1) is 17.3 Å². The molecule has 4 rings (SSSR count). The van der Waals surface area contributed by atoms with Crippen LogP contribution in [0.15, 0.2) is 18.2 Å².